The zero-order valence-corrected chi connectivity index (χ0v) is 18.6. The van der Waals surface area contributed by atoms with Crippen molar-refractivity contribution in [2.45, 2.75) is 37.8 Å². The molecule has 3 heterocycles. The Morgan fingerprint density at radius 1 is 0.875 bits per heavy atom. The van der Waals surface area contributed by atoms with Gasteiger partial charge in [-0.3, -0.25) is 4.99 Å². The number of furan rings is 2. The van der Waals surface area contributed by atoms with Gasteiger partial charge < -0.3 is 13.4 Å². The Hall–Kier alpha value is -3.31. The number of nitrogens with zero attached hydrogens (tertiary/aromatic N) is 2. The number of fused-ring (bicyclic) bond motifs is 1. The minimum atomic E-state index is 0.0194. The van der Waals surface area contributed by atoms with Gasteiger partial charge >= 0.3 is 0 Å². The molecule has 5 aromatic rings. The van der Waals surface area contributed by atoms with Crippen molar-refractivity contribution in [1.82, 2.24) is 4.57 Å². The Labute approximate surface area is 190 Å². The molecule has 2 aromatic carbocycles. The summed E-state index contributed by atoms with van der Waals surface area (Å²) in [6.45, 7) is 1.21. The summed E-state index contributed by atoms with van der Waals surface area (Å²) in [6.07, 6.45) is 6.98. The van der Waals surface area contributed by atoms with Crippen molar-refractivity contribution >= 4 is 22.1 Å². The molecule has 0 saturated heterocycles. The lowest BCUT2D eigenvalue weighted by atomic mass is 9.62. The predicted molar refractivity (Wildman–Crippen MR) is 127 cm³/mol. The minimum Gasteiger partial charge on any atom is -0.467 e. The van der Waals surface area contributed by atoms with Crippen molar-refractivity contribution in [2.24, 2.45) is 4.99 Å². The van der Waals surface area contributed by atoms with Gasteiger partial charge in [-0.05, 0) is 53.4 Å². The van der Waals surface area contributed by atoms with E-state index in [4.69, 9.17) is 13.8 Å². The van der Waals surface area contributed by atoms with E-state index in [2.05, 4.69) is 52.4 Å². The van der Waals surface area contributed by atoms with E-state index in [1.54, 1.807) is 23.9 Å². The first-order valence-corrected chi connectivity index (χ1v) is 11.9. The van der Waals surface area contributed by atoms with Crippen molar-refractivity contribution in [1.29, 1.82) is 0 Å². The van der Waals surface area contributed by atoms with Gasteiger partial charge in [-0.15, -0.1) is 11.3 Å². The van der Waals surface area contributed by atoms with E-state index in [1.807, 2.05) is 24.3 Å². The molecule has 5 heteroatoms. The van der Waals surface area contributed by atoms with Crippen LogP contribution in [0.2, 0.25) is 0 Å². The molecule has 4 nitrogen and oxygen atoms in total. The first kappa shape index (κ1) is 19.4. The highest BCUT2D eigenvalue weighted by molar-refractivity contribution is 7.07. The van der Waals surface area contributed by atoms with Gasteiger partial charge in [-0.25, -0.2) is 0 Å². The van der Waals surface area contributed by atoms with E-state index in [-0.39, 0.29) is 5.41 Å². The van der Waals surface area contributed by atoms with Crippen molar-refractivity contribution in [2.75, 3.05) is 0 Å². The Morgan fingerprint density at radius 3 is 2.38 bits per heavy atom. The van der Waals surface area contributed by atoms with E-state index in [0.29, 0.717) is 13.1 Å². The molecule has 1 saturated carbocycles. The molecule has 0 atom stereocenters. The van der Waals surface area contributed by atoms with Gasteiger partial charge in [-0.1, -0.05) is 48.9 Å². The predicted octanol–water partition coefficient (Wildman–Crippen LogP) is 6.51. The highest BCUT2D eigenvalue weighted by Crippen LogP contribution is 2.49. The molecule has 1 aliphatic rings. The minimum absolute atomic E-state index is 0.0194. The molecule has 160 valence electrons. The highest BCUT2D eigenvalue weighted by Gasteiger charge is 2.43. The van der Waals surface area contributed by atoms with E-state index in [9.17, 15) is 0 Å². The van der Waals surface area contributed by atoms with Gasteiger partial charge in [0.1, 0.15) is 18.1 Å². The van der Waals surface area contributed by atoms with Crippen molar-refractivity contribution < 1.29 is 8.83 Å². The largest absolute Gasteiger partial charge is 0.467 e. The van der Waals surface area contributed by atoms with Crippen molar-refractivity contribution in [3.05, 3.63) is 112 Å². The van der Waals surface area contributed by atoms with Gasteiger partial charge in [0.2, 0.25) is 0 Å². The second-order valence-corrected chi connectivity index (χ2v) is 9.30. The summed E-state index contributed by atoms with van der Waals surface area (Å²) in [6, 6.07) is 23.4. The third kappa shape index (κ3) is 3.33. The smallest absolute Gasteiger partial charge is 0.185 e. The van der Waals surface area contributed by atoms with E-state index < -0.39 is 0 Å². The van der Waals surface area contributed by atoms with Crippen LogP contribution in [0.1, 0.15) is 42.0 Å². The Morgan fingerprint density at radius 2 is 1.66 bits per heavy atom. The fourth-order valence-electron chi connectivity index (χ4n) is 4.80. The SMILES string of the molecule is c1coc(C/N=c2\scc(C3(c4ccc5ccccc5c4)CCC3)n2Cc2ccco2)c1. The molecule has 32 heavy (non-hydrogen) atoms. The van der Waals surface area contributed by atoms with Crippen molar-refractivity contribution in [3.8, 4) is 0 Å². The Balaban J connectivity index is 1.47. The molecule has 0 aliphatic heterocycles. The molecular weight excluding hydrogens is 416 g/mol. The lowest BCUT2D eigenvalue weighted by Crippen LogP contribution is -2.39. The summed E-state index contributed by atoms with van der Waals surface area (Å²) >= 11 is 1.71. The van der Waals surface area contributed by atoms with Crippen LogP contribution in [0, 0.1) is 0 Å². The summed E-state index contributed by atoms with van der Waals surface area (Å²) in [5.74, 6) is 1.81. The maximum atomic E-state index is 5.72. The molecular formula is C27H24N2O2S. The third-order valence-electron chi connectivity index (χ3n) is 6.64. The topological polar surface area (TPSA) is 43.6 Å². The zero-order chi connectivity index (χ0) is 21.4. The van der Waals surface area contributed by atoms with Gasteiger partial charge in [0.25, 0.3) is 0 Å². The zero-order valence-electron chi connectivity index (χ0n) is 17.7. The van der Waals surface area contributed by atoms with Gasteiger partial charge in [0.05, 0.1) is 19.1 Å². The monoisotopic (exact) mass is 440 g/mol. The van der Waals surface area contributed by atoms with Gasteiger partial charge in [0, 0.05) is 16.5 Å². The van der Waals surface area contributed by atoms with Gasteiger partial charge in [-0.2, -0.15) is 0 Å². The number of benzene rings is 2. The summed E-state index contributed by atoms with van der Waals surface area (Å²) < 4.78 is 13.6. The molecule has 0 amide bonds. The summed E-state index contributed by atoms with van der Waals surface area (Å²) in [5, 5.41) is 4.89. The first-order chi connectivity index (χ1) is 15.8. The number of hydrogen-bond acceptors (Lipinski definition) is 4. The van der Waals surface area contributed by atoms with E-state index in [1.165, 1.54) is 28.5 Å². The summed E-state index contributed by atoms with van der Waals surface area (Å²) in [4.78, 5) is 5.91. The van der Waals surface area contributed by atoms with Gasteiger partial charge in [0.15, 0.2) is 4.80 Å². The van der Waals surface area contributed by atoms with Crippen LogP contribution in [-0.2, 0) is 18.5 Å². The summed E-state index contributed by atoms with van der Waals surface area (Å²) in [7, 11) is 0. The van der Waals surface area contributed by atoms with Crippen LogP contribution in [0.3, 0.4) is 0 Å². The van der Waals surface area contributed by atoms with E-state index >= 15 is 0 Å². The second-order valence-electron chi connectivity index (χ2n) is 8.46. The molecule has 0 spiro atoms. The van der Waals surface area contributed by atoms with Crippen LogP contribution in [0.5, 0.6) is 0 Å². The lowest BCUT2D eigenvalue weighted by molar-refractivity contribution is 0.282. The van der Waals surface area contributed by atoms with Crippen LogP contribution in [-0.4, -0.2) is 4.57 Å². The summed E-state index contributed by atoms with van der Waals surface area (Å²) in [5.41, 5.74) is 2.75. The second kappa shape index (κ2) is 7.99. The average molecular weight is 441 g/mol. The molecule has 3 aromatic heterocycles. The normalized spacial score (nSPS) is 15.8. The first-order valence-electron chi connectivity index (χ1n) is 11.1. The Bertz CT molecular complexity index is 1400. The fraction of sp³-hybridized carbons (Fsp3) is 0.222. The maximum Gasteiger partial charge on any atom is 0.185 e. The molecule has 0 unspecified atom stereocenters. The number of rotatable bonds is 6. The number of thiazole rings is 1. The van der Waals surface area contributed by atoms with Crippen molar-refractivity contribution in [3.63, 3.8) is 0 Å². The van der Waals surface area contributed by atoms with Crippen LogP contribution in [0.15, 0.2) is 98.5 Å². The molecule has 0 radical (unpaired) electrons. The Kier molecular flexibility index (Phi) is 4.84. The lowest BCUT2D eigenvalue weighted by Gasteiger charge is -2.43. The maximum absolute atomic E-state index is 5.72. The third-order valence-corrected chi connectivity index (χ3v) is 7.54. The molecule has 0 N–H and O–H groups in total. The van der Waals surface area contributed by atoms with Crippen LogP contribution in [0.4, 0.5) is 0 Å². The van der Waals surface area contributed by atoms with Crippen LogP contribution < -0.4 is 4.80 Å². The molecule has 6 rings (SSSR count). The van der Waals surface area contributed by atoms with Crippen LogP contribution in [0.25, 0.3) is 10.8 Å². The molecule has 0 bridgehead atoms. The molecule has 1 fully saturated rings. The fourth-order valence-corrected chi connectivity index (χ4v) is 5.80. The number of hydrogen-bond donors (Lipinski definition) is 0. The average Bonchev–Trinajstić information content (AvgIpc) is 3.56. The van der Waals surface area contributed by atoms with Crippen LogP contribution >= 0.6 is 11.3 Å². The number of aromatic nitrogens is 1. The van der Waals surface area contributed by atoms with E-state index in [0.717, 1.165) is 29.2 Å². The quantitative estimate of drug-likeness (QED) is 0.302. The highest BCUT2D eigenvalue weighted by atomic mass is 32.1. The standard InChI is InChI=1S/C27H24N2O2S/c1-2-7-21-16-22(11-10-20(21)6-1)27(12-5-13-27)25-19-32-26(28-17-23-8-3-14-30-23)29(25)18-24-9-4-15-31-24/h1-4,6-11,14-16,19H,5,12-13,17-18H2/b28-26-. The molecule has 1 aliphatic carbocycles.